The number of aromatic nitrogens is 1. The van der Waals surface area contributed by atoms with Crippen LogP contribution in [0.4, 0.5) is 5.82 Å². The normalized spacial score (nSPS) is 14.7. The molecule has 1 N–H and O–H groups in total. The lowest BCUT2D eigenvalue weighted by Gasteiger charge is -2.14. The first kappa shape index (κ1) is 12.1. The van der Waals surface area contributed by atoms with Crippen molar-refractivity contribution >= 4 is 27.6 Å². The van der Waals surface area contributed by atoms with E-state index < -0.39 is 10.8 Å². The van der Waals surface area contributed by atoms with Gasteiger partial charge in [0.15, 0.2) is 0 Å². The molecule has 92 valence electrons. The molecule has 0 aromatic carbocycles. The average molecular weight is 252 g/mol. The highest BCUT2D eigenvalue weighted by molar-refractivity contribution is 7.84. The molecule has 17 heavy (non-hydrogen) atoms. The average Bonchev–Trinajstić information content (AvgIpc) is 2.75. The van der Waals surface area contributed by atoms with Gasteiger partial charge in [0, 0.05) is 35.0 Å². The van der Waals surface area contributed by atoms with Crippen LogP contribution >= 0.6 is 0 Å². The molecule has 0 saturated carbocycles. The van der Waals surface area contributed by atoms with Gasteiger partial charge < -0.3 is 9.73 Å². The second-order valence-corrected chi connectivity index (χ2v) is 5.66. The van der Waals surface area contributed by atoms with Gasteiger partial charge in [-0.15, -0.1) is 0 Å². The summed E-state index contributed by atoms with van der Waals surface area (Å²) in [5.74, 6) is 1.53. The summed E-state index contributed by atoms with van der Waals surface area (Å²) in [5.41, 5.74) is 0.828. The molecule has 2 atom stereocenters. The molecule has 0 aliphatic carbocycles. The van der Waals surface area contributed by atoms with E-state index in [4.69, 9.17) is 4.42 Å². The summed E-state index contributed by atoms with van der Waals surface area (Å²) in [6.07, 6.45) is 5.96. The van der Waals surface area contributed by atoms with Crippen molar-refractivity contribution in [1.29, 1.82) is 0 Å². The van der Waals surface area contributed by atoms with Crippen LogP contribution in [0.3, 0.4) is 0 Å². The zero-order valence-electron chi connectivity index (χ0n) is 9.97. The highest BCUT2D eigenvalue weighted by Gasteiger charge is 2.08. The van der Waals surface area contributed by atoms with E-state index in [0.29, 0.717) is 5.75 Å². The first-order chi connectivity index (χ1) is 8.16. The third-order valence-electron chi connectivity index (χ3n) is 2.60. The molecule has 4 nitrogen and oxygen atoms in total. The van der Waals surface area contributed by atoms with E-state index >= 15 is 0 Å². The Morgan fingerprint density at radius 1 is 1.53 bits per heavy atom. The van der Waals surface area contributed by atoms with Gasteiger partial charge in [0.25, 0.3) is 0 Å². The fraction of sp³-hybridized carbons (Fsp3) is 0.417. The zero-order chi connectivity index (χ0) is 12.3. The van der Waals surface area contributed by atoms with E-state index in [2.05, 4.69) is 17.2 Å². The second-order valence-electron chi connectivity index (χ2n) is 4.10. The van der Waals surface area contributed by atoms with Crippen LogP contribution < -0.4 is 5.32 Å². The number of nitrogens with zero attached hydrogens (tertiary/aromatic N) is 1. The Bertz CT molecular complexity index is 524. The molecule has 0 radical (unpaired) electrons. The van der Waals surface area contributed by atoms with E-state index in [1.165, 1.54) is 0 Å². The van der Waals surface area contributed by atoms with Gasteiger partial charge in [-0.1, -0.05) is 0 Å². The monoisotopic (exact) mass is 252 g/mol. The Morgan fingerprint density at radius 2 is 2.35 bits per heavy atom. The number of rotatable bonds is 5. The molecule has 2 unspecified atom stereocenters. The number of furan rings is 1. The van der Waals surface area contributed by atoms with Gasteiger partial charge in [0.1, 0.15) is 11.4 Å². The number of hydrogen-bond acceptors (Lipinski definition) is 4. The van der Waals surface area contributed by atoms with Crippen molar-refractivity contribution in [3.05, 3.63) is 24.6 Å². The van der Waals surface area contributed by atoms with Gasteiger partial charge in [0.05, 0.1) is 11.6 Å². The summed E-state index contributed by atoms with van der Waals surface area (Å²) in [7, 11) is -0.742. The van der Waals surface area contributed by atoms with Crippen LogP contribution in [-0.2, 0) is 10.8 Å². The first-order valence-electron chi connectivity index (χ1n) is 5.55. The molecule has 0 aliphatic heterocycles. The quantitative estimate of drug-likeness (QED) is 0.887. The predicted octanol–water partition coefficient (Wildman–Crippen LogP) is 2.40. The molecule has 2 rings (SSSR count). The first-order valence-corrected chi connectivity index (χ1v) is 7.28. The van der Waals surface area contributed by atoms with Crippen LogP contribution in [0.2, 0.25) is 0 Å². The maximum atomic E-state index is 11.0. The molecular weight excluding hydrogens is 236 g/mol. The van der Waals surface area contributed by atoms with Gasteiger partial charge in [0.2, 0.25) is 0 Å². The van der Waals surface area contributed by atoms with Gasteiger partial charge in [-0.3, -0.25) is 4.21 Å². The Labute approximate surface area is 103 Å². The molecular formula is C12H16N2O2S. The molecule has 5 heteroatoms. The predicted molar refractivity (Wildman–Crippen MR) is 70.6 cm³/mol. The third-order valence-corrected chi connectivity index (χ3v) is 3.41. The topological polar surface area (TPSA) is 55.1 Å². The van der Waals surface area contributed by atoms with Gasteiger partial charge in [-0.05, 0) is 25.5 Å². The second kappa shape index (κ2) is 5.31. The Hall–Kier alpha value is -1.36. The molecule has 0 amide bonds. The largest absolute Gasteiger partial charge is 0.464 e. The Balaban J connectivity index is 2.07. The summed E-state index contributed by atoms with van der Waals surface area (Å²) in [6, 6.07) is 3.98. The SMILES string of the molecule is CC(CCS(C)=O)Nc1nccc2occc12. The fourth-order valence-electron chi connectivity index (χ4n) is 1.66. The van der Waals surface area contributed by atoms with Gasteiger partial charge >= 0.3 is 0 Å². The standard InChI is InChI=1S/C12H16N2O2S/c1-9(5-8-17(2)15)14-12-10-4-7-16-11(10)3-6-13-12/h3-4,6-7,9H,5,8H2,1-2H3,(H,13,14). The van der Waals surface area contributed by atoms with Crippen LogP contribution in [0, 0.1) is 0 Å². The smallest absolute Gasteiger partial charge is 0.139 e. The molecule has 2 aromatic rings. The Kier molecular flexibility index (Phi) is 3.78. The highest BCUT2D eigenvalue weighted by Crippen LogP contribution is 2.22. The summed E-state index contributed by atoms with van der Waals surface area (Å²) >= 11 is 0. The van der Waals surface area contributed by atoms with E-state index in [1.807, 2.05) is 12.1 Å². The minimum Gasteiger partial charge on any atom is -0.464 e. The van der Waals surface area contributed by atoms with E-state index in [1.54, 1.807) is 18.7 Å². The van der Waals surface area contributed by atoms with Crippen LogP contribution in [0.1, 0.15) is 13.3 Å². The molecule has 0 fully saturated rings. The van der Waals surface area contributed by atoms with E-state index in [0.717, 1.165) is 23.2 Å². The fourth-order valence-corrected chi connectivity index (χ4v) is 2.34. The van der Waals surface area contributed by atoms with Crippen molar-refractivity contribution in [2.45, 2.75) is 19.4 Å². The minimum absolute atomic E-state index is 0.242. The molecule has 2 aromatic heterocycles. The van der Waals surface area contributed by atoms with Gasteiger partial charge in [-0.2, -0.15) is 0 Å². The van der Waals surface area contributed by atoms with Crippen LogP contribution in [0.25, 0.3) is 11.0 Å². The van der Waals surface area contributed by atoms with E-state index in [-0.39, 0.29) is 6.04 Å². The number of fused-ring (bicyclic) bond motifs is 1. The number of hydrogen-bond donors (Lipinski definition) is 1. The number of nitrogens with one attached hydrogen (secondary N) is 1. The van der Waals surface area contributed by atoms with Crippen molar-refractivity contribution in [2.24, 2.45) is 0 Å². The van der Waals surface area contributed by atoms with Crippen LogP contribution in [0.5, 0.6) is 0 Å². The molecule has 2 heterocycles. The lowest BCUT2D eigenvalue weighted by atomic mass is 10.2. The summed E-state index contributed by atoms with van der Waals surface area (Å²) in [6.45, 7) is 2.06. The van der Waals surface area contributed by atoms with Crippen molar-refractivity contribution in [1.82, 2.24) is 4.98 Å². The lowest BCUT2D eigenvalue weighted by Crippen LogP contribution is -2.18. The number of anilines is 1. The molecule has 0 bridgehead atoms. The summed E-state index contributed by atoms with van der Waals surface area (Å²) in [5, 5.41) is 4.30. The summed E-state index contributed by atoms with van der Waals surface area (Å²) in [4.78, 5) is 4.30. The van der Waals surface area contributed by atoms with Crippen LogP contribution in [-0.4, -0.2) is 27.2 Å². The van der Waals surface area contributed by atoms with Crippen molar-refractivity contribution in [2.75, 3.05) is 17.3 Å². The lowest BCUT2D eigenvalue weighted by molar-refractivity contribution is 0.615. The zero-order valence-corrected chi connectivity index (χ0v) is 10.8. The third kappa shape index (κ3) is 3.06. The van der Waals surface area contributed by atoms with Gasteiger partial charge in [-0.25, -0.2) is 4.98 Å². The van der Waals surface area contributed by atoms with Crippen molar-refractivity contribution < 1.29 is 8.63 Å². The highest BCUT2D eigenvalue weighted by atomic mass is 32.2. The van der Waals surface area contributed by atoms with Crippen LogP contribution in [0.15, 0.2) is 29.0 Å². The molecule has 0 spiro atoms. The van der Waals surface area contributed by atoms with Crippen molar-refractivity contribution in [3.8, 4) is 0 Å². The maximum absolute atomic E-state index is 11.0. The molecule has 0 saturated heterocycles. The van der Waals surface area contributed by atoms with E-state index in [9.17, 15) is 4.21 Å². The summed E-state index contributed by atoms with van der Waals surface area (Å²) < 4.78 is 16.3. The van der Waals surface area contributed by atoms with Crippen molar-refractivity contribution in [3.63, 3.8) is 0 Å². The maximum Gasteiger partial charge on any atom is 0.139 e. The Morgan fingerprint density at radius 3 is 3.12 bits per heavy atom. The minimum atomic E-state index is -0.742. The molecule has 0 aliphatic rings. The number of pyridine rings is 1.